The molecule has 0 bridgehead atoms. The number of aryl methyl sites for hydroxylation is 1. The van der Waals surface area contributed by atoms with E-state index in [1.54, 1.807) is 0 Å². The summed E-state index contributed by atoms with van der Waals surface area (Å²) in [6, 6.07) is 28.3. The molecule has 5 rings (SSSR count). The summed E-state index contributed by atoms with van der Waals surface area (Å²) in [5.41, 5.74) is 12.6. The summed E-state index contributed by atoms with van der Waals surface area (Å²) in [4.78, 5) is 36.0. The zero-order valence-electron chi connectivity index (χ0n) is 31.0. The fraction of sp³-hybridized carbons (Fsp3) is 0.386. The van der Waals surface area contributed by atoms with Crippen LogP contribution in [0.4, 0.5) is 0 Å². The first-order valence-corrected chi connectivity index (χ1v) is 19.2. The predicted octanol–water partition coefficient (Wildman–Crippen LogP) is 6.57. The number of benzene rings is 1. The molecule has 0 aliphatic rings. The highest BCUT2D eigenvalue weighted by Gasteiger charge is 2.18. The van der Waals surface area contributed by atoms with Crippen molar-refractivity contribution < 1.29 is 9.90 Å². The number of aromatic nitrogens is 4. The number of phenolic OH excluding ortho intramolecular Hbond substituents is 1. The van der Waals surface area contributed by atoms with Crippen LogP contribution in [0.25, 0.3) is 0 Å². The van der Waals surface area contributed by atoms with E-state index in [0.29, 0.717) is 44.6 Å². The van der Waals surface area contributed by atoms with Gasteiger partial charge in [0, 0.05) is 136 Å². The monoisotopic (exact) mass is 713 g/mol. The maximum absolute atomic E-state index is 12.9. The van der Waals surface area contributed by atoms with Gasteiger partial charge in [-0.2, -0.15) is 0 Å². The molecule has 0 amide bonds. The third kappa shape index (κ3) is 14.3. The van der Waals surface area contributed by atoms with Crippen LogP contribution in [0.3, 0.4) is 0 Å². The number of ketones is 1. The Morgan fingerprint density at radius 2 is 0.962 bits per heavy atom. The molecule has 0 radical (unpaired) electrons. The van der Waals surface area contributed by atoms with Crippen LogP contribution in [-0.2, 0) is 50.0 Å². The molecule has 53 heavy (non-hydrogen) atoms. The minimum atomic E-state index is 0.276. The predicted molar refractivity (Wildman–Crippen MR) is 211 cm³/mol. The van der Waals surface area contributed by atoms with Gasteiger partial charge in [0.05, 0.1) is 0 Å². The van der Waals surface area contributed by atoms with E-state index in [4.69, 9.17) is 5.73 Å². The van der Waals surface area contributed by atoms with Gasteiger partial charge in [0.25, 0.3) is 0 Å². The Bertz CT molecular complexity index is 1560. The summed E-state index contributed by atoms with van der Waals surface area (Å²) in [6.45, 7) is 4.93. The highest BCUT2D eigenvalue weighted by Crippen LogP contribution is 2.29. The lowest BCUT2D eigenvalue weighted by Gasteiger charge is -2.26. The maximum Gasteiger partial charge on any atom is 0.133 e. The molecule has 0 saturated carbocycles. The quantitative estimate of drug-likeness (QED) is 0.0685. The van der Waals surface area contributed by atoms with Gasteiger partial charge in [-0.25, -0.2) is 0 Å². The first-order valence-electron chi connectivity index (χ1n) is 19.2. The van der Waals surface area contributed by atoms with Crippen molar-refractivity contribution in [1.29, 1.82) is 0 Å². The number of Topliss-reactive ketones (excluding diaryl/α,β-unsaturated/α-hetero) is 1. The molecule has 0 spiro atoms. The molecule has 9 nitrogen and oxygen atoms in total. The Hall–Kier alpha value is -4.83. The zero-order valence-corrected chi connectivity index (χ0v) is 31.0. The molecule has 0 unspecified atom stereocenters. The molecular formula is C44H55N7O2. The molecule has 4 heterocycles. The first-order chi connectivity index (χ1) is 26.1. The Balaban J connectivity index is 1.39. The van der Waals surface area contributed by atoms with Crippen molar-refractivity contribution in [2.45, 2.75) is 77.3 Å². The fourth-order valence-electron chi connectivity index (χ4n) is 6.57. The molecule has 4 aromatic heterocycles. The summed E-state index contributed by atoms with van der Waals surface area (Å²) in [5, 5.41) is 12.0. The Kier molecular flexibility index (Phi) is 16.6. The average Bonchev–Trinajstić information content (AvgIpc) is 3.20. The number of carbonyl (C=O) groups is 1. The number of hydrogen-bond acceptors (Lipinski definition) is 9. The van der Waals surface area contributed by atoms with Gasteiger partial charge in [-0.1, -0.05) is 42.8 Å². The van der Waals surface area contributed by atoms with Gasteiger partial charge >= 0.3 is 0 Å². The summed E-state index contributed by atoms with van der Waals surface area (Å²) < 4.78 is 0. The van der Waals surface area contributed by atoms with Crippen molar-refractivity contribution in [2.24, 2.45) is 5.73 Å². The second-order valence-corrected chi connectivity index (χ2v) is 13.7. The standard InChI is InChI=1S/C44H55N7O2/c45-23-7-1-2-16-43(52)18-17-36-32-37(34-50(28-19-39-12-3-8-24-46-39)29-20-40-13-4-9-25-47-40)44(53)38(33-36)35-51(30-21-41-14-5-10-26-48-41)31-22-42-15-6-11-27-49-42/h3-6,8-15,24-27,32-33,53H,1-2,7,16-23,28-31,34-35,45H2. The third-order valence-electron chi connectivity index (χ3n) is 9.61. The van der Waals surface area contributed by atoms with Gasteiger partial charge < -0.3 is 10.8 Å². The minimum absolute atomic E-state index is 0.276. The number of aromatic hydroxyl groups is 1. The number of carbonyl (C=O) groups excluding carboxylic acids is 1. The van der Waals surface area contributed by atoms with Crippen molar-refractivity contribution in [2.75, 3.05) is 32.7 Å². The van der Waals surface area contributed by atoms with Crippen molar-refractivity contribution in [3.8, 4) is 5.75 Å². The SMILES string of the molecule is NCCCCCC(=O)CCc1cc(CN(CCc2ccccn2)CCc2ccccn2)c(O)c(CN(CCc2ccccn2)CCc2ccccn2)c1. The van der Waals surface area contributed by atoms with E-state index in [0.717, 1.165) is 111 Å². The third-order valence-corrected chi connectivity index (χ3v) is 9.61. The van der Waals surface area contributed by atoms with Gasteiger partial charge in [-0.3, -0.25) is 34.5 Å². The van der Waals surface area contributed by atoms with Crippen LogP contribution in [0, 0.1) is 0 Å². The largest absolute Gasteiger partial charge is 0.507 e. The van der Waals surface area contributed by atoms with Crippen LogP contribution in [-0.4, -0.2) is 73.3 Å². The topological polar surface area (TPSA) is 121 Å². The van der Waals surface area contributed by atoms with E-state index in [2.05, 4.69) is 66.1 Å². The molecule has 0 aliphatic heterocycles. The number of rotatable bonds is 24. The normalized spacial score (nSPS) is 11.4. The van der Waals surface area contributed by atoms with Crippen LogP contribution in [0.15, 0.2) is 110 Å². The van der Waals surface area contributed by atoms with E-state index < -0.39 is 0 Å². The van der Waals surface area contributed by atoms with Gasteiger partial charge in [0.2, 0.25) is 0 Å². The molecule has 0 fully saturated rings. The van der Waals surface area contributed by atoms with Crippen LogP contribution in [0.5, 0.6) is 5.75 Å². The van der Waals surface area contributed by atoms with Crippen molar-refractivity contribution >= 4 is 5.78 Å². The fourth-order valence-corrected chi connectivity index (χ4v) is 6.57. The smallest absolute Gasteiger partial charge is 0.133 e. The number of unbranched alkanes of at least 4 members (excludes halogenated alkanes) is 2. The summed E-state index contributed by atoms with van der Waals surface area (Å²) >= 11 is 0. The number of nitrogens with zero attached hydrogens (tertiary/aromatic N) is 6. The number of nitrogens with two attached hydrogens (primary N) is 1. The lowest BCUT2D eigenvalue weighted by atomic mass is 9.97. The zero-order chi connectivity index (χ0) is 36.9. The summed E-state index contributed by atoms with van der Waals surface area (Å²) in [5.74, 6) is 0.598. The molecule has 1 aromatic carbocycles. The molecule has 0 atom stereocenters. The van der Waals surface area contributed by atoms with E-state index >= 15 is 0 Å². The minimum Gasteiger partial charge on any atom is -0.507 e. The average molecular weight is 714 g/mol. The number of hydrogen-bond donors (Lipinski definition) is 2. The lowest BCUT2D eigenvalue weighted by molar-refractivity contribution is -0.119. The first kappa shape index (κ1) is 39.4. The molecule has 3 N–H and O–H groups in total. The van der Waals surface area contributed by atoms with Crippen molar-refractivity contribution in [3.05, 3.63) is 149 Å². The molecule has 0 saturated heterocycles. The van der Waals surface area contributed by atoms with Gasteiger partial charge in [-0.15, -0.1) is 0 Å². The van der Waals surface area contributed by atoms with Crippen LogP contribution in [0.1, 0.15) is 71.6 Å². The number of pyridine rings is 4. The van der Waals surface area contributed by atoms with Crippen LogP contribution in [0.2, 0.25) is 0 Å². The van der Waals surface area contributed by atoms with E-state index in [1.165, 1.54) is 0 Å². The Labute approximate surface area is 315 Å². The van der Waals surface area contributed by atoms with Crippen LogP contribution >= 0.6 is 0 Å². The van der Waals surface area contributed by atoms with Crippen molar-refractivity contribution in [1.82, 2.24) is 29.7 Å². The Morgan fingerprint density at radius 1 is 0.547 bits per heavy atom. The highest BCUT2D eigenvalue weighted by atomic mass is 16.3. The number of phenols is 1. The Morgan fingerprint density at radius 3 is 1.32 bits per heavy atom. The summed E-state index contributed by atoms with van der Waals surface area (Å²) in [6.07, 6.45) is 15.0. The summed E-state index contributed by atoms with van der Waals surface area (Å²) in [7, 11) is 0. The van der Waals surface area contributed by atoms with Gasteiger partial charge in [0.1, 0.15) is 11.5 Å². The second-order valence-electron chi connectivity index (χ2n) is 13.7. The van der Waals surface area contributed by atoms with E-state index in [9.17, 15) is 9.90 Å². The maximum atomic E-state index is 12.9. The van der Waals surface area contributed by atoms with Crippen LogP contribution < -0.4 is 5.73 Å². The lowest BCUT2D eigenvalue weighted by Crippen LogP contribution is -2.30. The molecule has 9 heteroatoms. The molecule has 0 aliphatic carbocycles. The van der Waals surface area contributed by atoms with Gasteiger partial charge in [-0.05, 0) is 79.9 Å². The van der Waals surface area contributed by atoms with Crippen molar-refractivity contribution in [3.63, 3.8) is 0 Å². The van der Waals surface area contributed by atoms with E-state index in [1.807, 2.05) is 73.3 Å². The molecule has 5 aromatic rings. The van der Waals surface area contributed by atoms with Gasteiger partial charge in [0.15, 0.2) is 0 Å². The molecular weight excluding hydrogens is 659 g/mol. The highest BCUT2D eigenvalue weighted by molar-refractivity contribution is 5.78. The molecule has 278 valence electrons. The second kappa shape index (κ2) is 22.3. The van der Waals surface area contributed by atoms with E-state index in [-0.39, 0.29) is 5.78 Å².